The van der Waals surface area contributed by atoms with Gasteiger partial charge in [-0.2, -0.15) is 8.78 Å². The maximum Gasteiger partial charge on any atom is 0.352 e. The number of anilines is 1. The Labute approximate surface area is 109 Å². The Morgan fingerprint density at radius 1 is 1.42 bits per heavy atom. The molecular weight excluding hydrogens is 256 g/mol. The van der Waals surface area contributed by atoms with E-state index in [0.717, 1.165) is 0 Å². The van der Waals surface area contributed by atoms with Gasteiger partial charge in [-0.05, 0) is 49.9 Å². The van der Waals surface area contributed by atoms with Crippen molar-refractivity contribution < 1.29 is 23.8 Å². The molecule has 1 fully saturated rings. The van der Waals surface area contributed by atoms with Crippen LogP contribution in [0.15, 0.2) is 18.2 Å². The van der Waals surface area contributed by atoms with Crippen LogP contribution in [-0.2, 0) is 4.79 Å². The van der Waals surface area contributed by atoms with Crippen LogP contribution in [-0.4, -0.2) is 27.6 Å². The lowest BCUT2D eigenvalue weighted by atomic mass is 9.75. The standard InChI is InChI=1S/C13H15F2NO3/c1-8-7-9(3-4-10(8)17)16-11(18)13(14,15)12(19)5-2-6-12/h3-4,7,17,19H,2,5-6H2,1H3,(H,16,18). The fraction of sp³-hybridized carbons (Fsp3) is 0.462. The molecule has 4 nitrogen and oxygen atoms in total. The summed E-state index contributed by atoms with van der Waals surface area (Å²) in [5, 5.41) is 21.0. The minimum absolute atomic E-state index is 0.0161. The molecule has 0 aliphatic heterocycles. The van der Waals surface area contributed by atoms with E-state index in [9.17, 15) is 23.8 Å². The number of aliphatic hydroxyl groups is 1. The first-order valence-corrected chi connectivity index (χ1v) is 5.97. The second-order valence-corrected chi connectivity index (χ2v) is 4.91. The summed E-state index contributed by atoms with van der Waals surface area (Å²) in [5.41, 5.74) is -1.62. The van der Waals surface area contributed by atoms with Gasteiger partial charge >= 0.3 is 5.92 Å². The molecule has 0 saturated heterocycles. The third kappa shape index (κ3) is 2.28. The number of phenols is 1. The van der Waals surface area contributed by atoms with Crippen molar-refractivity contribution in [2.45, 2.75) is 37.7 Å². The minimum Gasteiger partial charge on any atom is -0.508 e. The number of rotatable bonds is 3. The molecular formula is C13H15F2NO3. The van der Waals surface area contributed by atoms with Gasteiger partial charge in [0.2, 0.25) is 0 Å². The van der Waals surface area contributed by atoms with Crippen molar-refractivity contribution in [1.82, 2.24) is 0 Å². The highest BCUT2D eigenvalue weighted by Crippen LogP contribution is 2.44. The van der Waals surface area contributed by atoms with Crippen LogP contribution in [0.3, 0.4) is 0 Å². The Morgan fingerprint density at radius 3 is 2.53 bits per heavy atom. The van der Waals surface area contributed by atoms with E-state index in [1.165, 1.54) is 18.2 Å². The first-order valence-electron chi connectivity index (χ1n) is 5.97. The predicted molar refractivity (Wildman–Crippen MR) is 65.2 cm³/mol. The highest BCUT2D eigenvalue weighted by molar-refractivity contribution is 5.97. The topological polar surface area (TPSA) is 69.6 Å². The van der Waals surface area contributed by atoms with E-state index in [0.29, 0.717) is 12.0 Å². The highest BCUT2D eigenvalue weighted by atomic mass is 19.3. The molecule has 104 valence electrons. The van der Waals surface area contributed by atoms with Gasteiger partial charge in [-0.25, -0.2) is 0 Å². The molecule has 2 rings (SSSR count). The minimum atomic E-state index is -3.82. The monoisotopic (exact) mass is 271 g/mol. The van der Waals surface area contributed by atoms with E-state index in [-0.39, 0.29) is 24.3 Å². The van der Waals surface area contributed by atoms with Gasteiger partial charge in [-0.3, -0.25) is 4.79 Å². The number of phenolic OH excluding ortho intramolecular Hbond substituents is 1. The van der Waals surface area contributed by atoms with Gasteiger partial charge in [-0.15, -0.1) is 0 Å². The van der Waals surface area contributed by atoms with Crippen LogP contribution < -0.4 is 5.32 Å². The van der Waals surface area contributed by atoms with Crippen LogP contribution in [0.2, 0.25) is 0 Å². The summed E-state index contributed by atoms with van der Waals surface area (Å²) < 4.78 is 27.6. The summed E-state index contributed by atoms with van der Waals surface area (Å²) >= 11 is 0. The van der Waals surface area contributed by atoms with Crippen LogP contribution in [0.5, 0.6) is 5.75 Å². The molecule has 0 atom stereocenters. The number of carbonyl (C=O) groups excluding carboxylic acids is 1. The van der Waals surface area contributed by atoms with Gasteiger partial charge in [0.25, 0.3) is 5.91 Å². The molecule has 0 heterocycles. The van der Waals surface area contributed by atoms with Crippen molar-refractivity contribution in [3.05, 3.63) is 23.8 Å². The van der Waals surface area contributed by atoms with Gasteiger partial charge in [0.1, 0.15) is 11.4 Å². The zero-order valence-corrected chi connectivity index (χ0v) is 10.4. The molecule has 1 amide bonds. The van der Waals surface area contributed by atoms with Crippen molar-refractivity contribution >= 4 is 11.6 Å². The highest BCUT2D eigenvalue weighted by Gasteiger charge is 2.61. The Bertz CT molecular complexity index is 513. The predicted octanol–water partition coefficient (Wildman–Crippen LogP) is 2.19. The first-order chi connectivity index (χ1) is 8.76. The SMILES string of the molecule is Cc1cc(NC(=O)C(F)(F)C2(O)CCC2)ccc1O. The van der Waals surface area contributed by atoms with Crippen LogP contribution in [0.4, 0.5) is 14.5 Å². The number of hydrogen-bond donors (Lipinski definition) is 3. The molecule has 3 N–H and O–H groups in total. The number of amides is 1. The number of benzene rings is 1. The van der Waals surface area contributed by atoms with Crippen molar-refractivity contribution in [1.29, 1.82) is 0 Å². The molecule has 0 unspecified atom stereocenters. The fourth-order valence-corrected chi connectivity index (χ4v) is 1.98. The van der Waals surface area contributed by atoms with E-state index in [1.54, 1.807) is 6.92 Å². The summed E-state index contributed by atoms with van der Waals surface area (Å²) in [6.45, 7) is 1.59. The molecule has 0 aromatic heterocycles. The quantitative estimate of drug-likeness (QED) is 0.738. The molecule has 1 aliphatic carbocycles. The largest absolute Gasteiger partial charge is 0.508 e. The molecule has 1 aliphatic rings. The number of aromatic hydroxyl groups is 1. The molecule has 1 aromatic rings. The van der Waals surface area contributed by atoms with Gasteiger partial charge in [0.05, 0.1) is 0 Å². The Morgan fingerprint density at radius 2 is 2.05 bits per heavy atom. The van der Waals surface area contributed by atoms with Crippen LogP contribution in [0.25, 0.3) is 0 Å². The van der Waals surface area contributed by atoms with Crippen molar-refractivity contribution in [2.24, 2.45) is 0 Å². The molecule has 19 heavy (non-hydrogen) atoms. The van der Waals surface area contributed by atoms with Gasteiger partial charge in [-0.1, -0.05) is 0 Å². The number of nitrogens with one attached hydrogen (secondary N) is 1. The third-order valence-electron chi connectivity index (χ3n) is 3.51. The lowest BCUT2D eigenvalue weighted by Gasteiger charge is -2.41. The number of alkyl halides is 2. The average molecular weight is 271 g/mol. The van der Waals surface area contributed by atoms with Crippen molar-refractivity contribution in [3.8, 4) is 5.75 Å². The summed E-state index contributed by atoms with van der Waals surface area (Å²) in [6, 6.07) is 4.01. The van der Waals surface area contributed by atoms with Crippen LogP contribution in [0, 0.1) is 6.92 Å². The zero-order valence-electron chi connectivity index (χ0n) is 10.4. The lowest BCUT2D eigenvalue weighted by molar-refractivity contribution is -0.212. The summed E-state index contributed by atoms with van der Waals surface area (Å²) in [7, 11) is 0. The van der Waals surface area contributed by atoms with E-state index in [4.69, 9.17) is 0 Å². The van der Waals surface area contributed by atoms with E-state index in [1.807, 2.05) is 0 Å². The zero-order chi connectivity index (χ0) is 14.3. The second kappa shape index (κ2) is 4.45. The normalized spacial score (nSPS) is 17.7. The smallest absolute Gasteiger partial charge is 0.352 e. The molecule has 0 radical (unpaired) electrons. The lowest BCUT2D eigenvalue weighted by Crippen LogP contribution is -2.59. The molecule has 0 bridgehead atoms. The summed E-state index contributed by atoms with van der Waals surface area (Å²) in [4.78, 5) is 11.6. The van der Waals surface area contributed by atoms with Crippen LogP contribution >= 0.6 is 0 Å². The second-order valence-electron chi connectivity index (χ2n) is 4.91. The first kappa shape index (κ1) is 13.7. The average Bonchev–Trinajstić information content (AvgIpc) is 2.30. The molecule has 1 saturated carbocycles. The molecule has 0 spiro atoms. The van der Waals surface area contributed by atoms with E-state index >= 15 is 0 Å². The van der Waals surface area contributed by atoms with Crippen molar-refractivity contribution in [3.63, 3.8) is 0 Å². The third-order valence-corrected chi connectivity index (χ3v) is 3.51. The maximum absolute atomic E-state index is 13.8. The van der Waals surface area contributed by atoms with Crippen LogP contribution in [0.1, 0.15) is 24.8 Å². The number of carbonyl (C=O) groups is 1. The van der Waals surface area contributed by atoms with Gasteiger partial charge in [0.15, 0.2) is 0 Å². The van der Waals surface area contributed by atoms with E-state index in [2.05, 4.69) is 5.32 Å². The Balaban J connectivity index is 2.14. The molecule has 1 aromatic carbocycles. The Kier molecular flexibility index (Phi) is 3.22. The van der Waals surface area contributed by atoms with Crippen molar-refractivity contribution in [2.75, 3.05) is 5.32 Å². The van der Waals surface area contributed by atoms with Gasteiger partial charge < -0.3 is 15.5 Å². The molecule has 6 heteroatoms. The van der Waals surface area contributed by atoms with E-state index < -0.39 is 17.4 Å². The van der Waals surface area contributed by atoms with Gasteiger partial charge in [0, 0.05) is 5.69 Å². The number of hydrogen-bond acceptors (Lipinski definition) is 3. The fourth-order valence-electron chi connectivity index (χ4n) is 1.98. The Hall–Kier alpha value is -1.69. The number of halogens is 2. The maximum atomic E-state index is 13.8. The number of aryl methyl sites for hydroxylation is 1. The summed E-state index contributed by atoms with van der Waals surface area (Å²) in [5.74, 6) is -5.33. The summed E-state index contributed by atoms with van der Waals surface area (Å²) in [6.07, 6.45) is 0.321.